The maximum Gasteiger partial charge on any atom is 0.262 e. The predicted octanol–water partition coefficient (Wildman–Crippen LogP) is 1.82. The van der Waals surface area contributed by atoms with E-state index >= 15 is 0 Å². The summed E-state index contributed by atoms with van der Waals surface area (Å²) in [4.78, 5) is 28.7. The van der Waals surface area contributed by atoms with E-state index in [-0.39, 0.29) is 30.3 Å². The van der Waals surface area contributed by atoms with Gasteiger partial charge >= 0.3 is 0 Å². The number of rotatable bonds is 4. The van der Waals surface area contributed by atoms with E-state index in [0.29, 0.717) is 18.0 Å². The van der Waals surface area contributed by atoms with E-state index in [2.05, 4.69) is 10.4 Å². The monoisotopic (exact) mass is 399 g/mol. The van der Waals surface area contributed by atoms with Crippen molar-refractivity contribution in [2.45, 2.75) is 45.2 Å². The van der Waals surface area contributed by atoms with Gasteiger partial charge in [0.15, 0.2) is 0 Å². The molecule has 0 aliphatic carbocycles. The summed E-state index contributed by atoms with van der Waals surface area (Å²) in [7, 11) is 1.86. The molecule has 1 fully saturated rings. The van der Waals surface area contributed by atoms with Crippen molar-refractivity contribution in [1.29, 1.82) is 0 Å². The van der Waals surface area contributed by atoms with Gasteiger partial charge in [0.25, 0.3) is 5.91 Å². The Morgan fingerprint density at radius 1 is 1.46 bits per heavy atom. The van der Waals surface area contributed by atoms with E-state index in [0.717, 1.165) is 35.2 Å². The molecule has 0 spiro atoms. The summed E-state index contributed by atoms with van der Waals surface area (Å²) in [6.45, 7) is 4.85. The average Bonchev–Trinajstić information content (AvgIpc) is 3.16. The molecule has 0 radical (unpaired) electrons. The van der Waals surface area contributed by atoms with Crippen LogP contribution in [0.15, 0.2) is 6.07 Å². The van der Waals surface area contributed by atoms with Crippen LogP contribution in [0.2, 0.25) is 0 Å². The molecular weight excluding hydrogens is 374 g/mol. The standard InChI is InChI=1S/C17H25N5O2S.ClH/c1-10-13-8-14(25-17(13)21(3)20-10)15(23)19-11(2)16(24)22-7-5-4-6-12(22)9-18;/h8,11-12H,4-7,9,18H2,1-3H3,(H,19,23);1H. The smallest absolute Gasteiger partial charge is 0.262 e. The second-order valence-corrected chi connectivity index (χ2v) is 7.68. The van der Waals surface area contributed by atoms with Crippen LogP contribution in [0, 0.1) is 6.92 Å². The Morgan fingerprint density at radius 2 is 2.19 bits per heavy atom. The van der Waals surface area contributed by atoms with E-state index in [1.807, 2.05) is 24.9 Å². The fourth-order valence-corrected chi connectivity index (χ4v) is 4.46. The molecule has 9 heteroatoms. The Hall–Kier alpha value is -1.64. The third kappa shape index (κ3) is 3.87. The van der Waals surface area contributed by atoms with E-state index in [4.69, 9.17) is 5.73 Å². The quantitative estimate of drug-likeness (QED) is 0.820. The van der Waals surface area contributed by atoms with Crippen LogP contribution in [0.5, 0.6) is 0 Å². The van der Waals surface area contributed by atoms with Crippen molar-refractivity contribution < 1.29 is 9.59 Å². The summed E-state index contributed by atoms with van der Waals surface area (Å²) in [6.07, 6.45) is 3.03. The molecule has 3 rings (SSSR count). The third-order valence-electron chi connectivity index (χ3n) is 4.82. The first-order valence-corrected chi connectivity index (χ1v) is 9.48. The number of carbonyl (C=O) groups is 2. The predicted molar refractivity (Wildman–Crippen MR) is 106 cm³/mol. The molecule has 1 aliphatic heterocycles. The van der Waals surface area contributed by atoms with E-state index in [1.165, 1.54) is 11.3 Å². The van der Waals surface area contributed by atoms with Gasteiger partial charge in [-0.2, -0.15) is 5.10 Å². The second-order valence-electron chi connectivity index (χ2n) is 6.65. The number of piperidine rings is 1. The molecule has 3 N–H and O–H groups in total. The van der Waals surface area contributed by atoms with Gasteiger partial charge in [0.1, 0.15) is 10.9 Å². The lowest BCUT2D eigenvalue weighted by molar-refractivity contribution is -0.136. The van der Waals surface area contributed by atoms with Gasteiger partial charge in [-0.05, 0) is 39.2 Å². The Morgan fingerprint density at radius 3 is 2.85 bits per heavy atom. The Labute approximate surface area is 163 Å². The lowest BCUT2D eigenvalue weighted by Gasteiger charge is -2.36. The molecule has 2 aromatic heterocycles. The fraction of sp³-hybridized carbons (Fsp3) is 0.588. The van der Waals surface area contributed by atoms with Gasteiger partial charge in [-0.1, -0.05) is 0 Å². The molecule has 2 aromatic rings. The van der Waals surface area contributed by atoms with Crippen LogP contribution in [0.25, 0.3) is 10.2 Å². The minimum absolute atomic E-state index is 0. The maximum atomic E-state index is 12.7. The van der Waals surface area contributed by atoms with Gasteiger partial charge in [0, 0.05) is 31.6 Å². The number of fused-ring (bicyclic) bond motifs is 1. The summed E-state index contributed by atoms with van der Waals surface area (Å²) >= 11 is 1.39. The number of nitrogens with one attached hydrogen (secondary N) is 1. The molecule has 0 aromatic carbocycles. The van der Waals surface area contributed by atoms with Gasteiger partial charge in [-0.3, -0.25) is 14.3 Å². The summed E-state index contributed by atoms with van der Waals surface area (Å²) < 4.78 is 1.78. The molecule has 7 nitrogen and oxygen atoms in total. The second kappa shape index (κ2) is 8.37. The molecule has 2 atom stereocenters. The van der Waals surface area contributed by atoms with Crippen molar-refractivity contribution in [1.82, 2.24) is 20.0 Å². The van der Waals surface area contributed by atoms with Gasteiger partial charge in [0.2, 0.25) is 5.91 Å². The highest BCUT2D eigenvalue weighted by Crippen LogP contribution is 2.27. The van der Waals surface area contributed by atoms with Gasteiger partial charge in [-0.25, -0.2) is 0 Å². The van der Waals surface area contributed by atoms with Crippen LogP contribution in [-0.2, 0) is 11.8 Å². The van der Waals surface area contributed by atoms with E-state index < -0.39 is 6.04 Å². The maximum absolute atomic E-state index is 12.7. The molecule has 1 saturated heterocycles. The topological polar surface area (TPSA) is 93.2 Å². The minimum Gasteiger partial charge on any atom is -0.340 e. The zero-order chi connectivity index (χ0) is 18.1. The number of halogens is 1. The van der Waals surface area contributed by atoms with Crippen LogP contribution >= 0.6 is 23.7 Å². The van der Waals surface area contributed by atoms with Gasteiger partial charge in [-0.15, -0.1) is 23.7 Å². The van der Waals surface area contributed by atoms with Crippen molar-refractivity contribution in [3.63, 3.8) is 0 Å². The van der Waals surface area contributed by atoms with Crippen LogP contribution in [0.1, 0.15) is 41.6 Å². The zero-order valence-corrected chi connectivity index (χ0v) is 17.0. The lowest BCUT2D eigenvalue weighted by Crippen LogP contribution is -2.54. The lowest BCUT2D eigenvalue weighted by atomic mass is 10.0. The molecule has 2 amide bonds. The van der Waals surface area contributed by atoms with Crippen LogP contribution in [0.4, 0.5) is 0 Å². The molecule has 3 heterocycles. The highest BCUT2D eigenvalue weighted by Gasteiger charge is 2.30. The first-order chi connectivity index (χ1) is 11.9. The van der Waals surface area contributed by atoms with E-state index in [1.54, 1.807) is 11.6 Å². The molecule has 26 heavy (non-hydrogen) atoms. The van der Waals surface area contributed by atoms with Crippen molar-refractivity contribution in [2.24, 2.45) is 12.8 Å². The number of hydrogen-bond acceptors (Lipinski definition) is 5. The van der Waals surface area contributed by atoms with Crippen molar-refractivity contribution in [2.75, 3.05) is 13.1 Å². The average molecular weight is 400 g/mol. The molecule has 144 valence electrons. The van der Waals surface area contributed by atoms with Gasteiger partial charge < -0.3 is 16.0 Å². The number of aryl methyl sites for hydroxylation is 2. The Bertz CT molecular complexity index is 768. The van der Waals surface area contributed by atoms with Crippen molar-refractivity contribution in [3.05, 3.63) is 16.6 Å². The molecule has 0 bridgehead atoms. The highest BCUT2D eigenvalue weighted by molar-refractivity contribution is 7.20. The number of nitrogens with zero attached hydrogens (tertiary/aromatic N) is 3. The van der Waals surface area contributed by atoms with Gasteiger partial charge in [0.05, 0.1) is 10.6 Å². The van der Waals surface area contributed by atoms with E-state index in [9.17, 15) is 9.59 Å². The number of likely N-dealkylation sites (tertiary alicyclic amines) is 1. The largest absolute Gasteiger partial charge is 0.340 e. The number of carbonyl (C=O) groups excluding carboxylic acids is 2. The number of amides is 2. The molecule has 2 unspecified atom stereocenters. The molecular formula is C17H26ClN5O2S. The number of aromatic nitrogens is 2. The number of thiophene rings is 1. The summed E-state index contributed by atoms with van der Waals surface area (Å²) in [6, 6.07) is 1.36. The molecule has 1 aliphatic rings. The van der Waals surface area contributed by atoms with Crippen LogP contribution in [-0.4, -0.2) is 51.7 Å². The van der Waals surface area contributed by atoms with Crippen molar-refractivity contribution in [3.8, 4) is 0 Å². The van der Waals surface area contributed by atoms with Crippen LogP contribution in [0.3, 0.4) is 0 Å². The minimum atomic E-state index is -0.566. The van der Waals surface area contributed by atoms with Crippen LogP contribution < -0.4 is 11.1 Å². The molecule has 0 saturated carbocycles. The summed E-state index contributed by atoms with van der Waals surface area (Å²) in [5.74, 6) is -0.273. The highest BCUT2D eigenvalue weighted by atomic mass is 35.5. The summed E-state index contributed by atoms with van der Waals surface area (Å²) in [5.41, 5.74) is 6.69. The normalized spacial score (nSPS) is 18.5. The fourth-order valence-electron chi connectivity index (χ4n) is 3.43. The zero-order valence-electron chi connectivity index (χ0n) is 15.3. The number of nitrogens with two attached hydrogens (primary N) is 1. The third-order valence-corrected chi connectivity index (χ3v) is 6.02. The Kier molecular flexibility index (Phi) is 6.65. The first-order valence-electron chi connectivity index (χ1n) is 8.67. The number of hydrogen-bond donors (Lipinski definition) is 2. The summed E-state index contributed by atoms with van der Waals surface area (Å²) in [5, 5.41) is 8.16. The Balaban J connectivity index is 0.00000243. The SMILES string of the molecule is Cc1nn(C)c2sc(C(=O)NC(C)C(=O)N3CCCCC3CN)cc12.Cl. The first kappa shape index (κ1) is 20.7. The van der Waals surface area contributed by atoms with Crippen molar-refractivity contribution >= 4 is 45.8 Å².